The molecule has 5 rings (SSSR count). The minimum atomic E-state index is -0.315. The van der Waals surface area contributed by atoms with Crippen molar-refractivity contribution in [3.8, 4) is 0 Å². The molecule has 1 aliphatic heterocycles. The predicted molar refractivity (Wildman–Crippen MR) is 117 cm³/mol. The van der Waals surface area contributed by atoms with Crippen LogP contribution in [0.25, 0.3) is 16.6 Å². The van der Waals surface area contributed by atoms with Gasteiger partial charge in [-0.05, 0) is 19.1 Å². The summed E-state index contributed by atoms with van der Waals surface area (Å²) >= 11 is 0. The van der Waals surface area contributed by atoms with E-state index in [9.17, 15) is 4.79 Å². The maximum atomic E-state index is 15.2. The summed E-state index contributed by atoms with van der Waals surface area (Å²) in [5.41, 5.74) is 2.99. The Kier molecular flexibility index (Phi) is 4.78. The van der Waals surface area contributed by atoms with Gasteiger partial charge in [-0.2, -0.15) is 5.10 Å². The Morgan fingerprint density at radius 3 is 2.77 bits per heavy atom. The number of benzene rings is 1. The highest BCUT2D eigenvalue weighted by Gasteiger charge is 2.22. The lowest BCUT2D eigenvalue weighted by Crippen LogP contribution is -2.46. The van der Waals surface area contributed by atoms with Crippen molar-refractivity contribution < 1.29 is 4.39 Å². The van der Waals surface area contributed by atoms with Crippen LogP contribution in [0.2, 0.25) is 0 Å². The molecule has 2 N–H and O–H groups in total. The first-order valence-electron chi connectivity index (χ1n) is 10.2. The minimum absolute atomic E-state index is 0.0999. The van der Waals surface area contributed by atoms with Gasteiger partial charge in [0.15, 0.2) is 5.82 Å². The van der Waals surface area contributed by atoms with Gasteiger partial charge in [-0.1, -0.05) is 0 Å². The molecule has 10 heteroatoms. The zero-order valence-electron chi connectivity index (χ0n) is 17.4. The van der Waals surface area contributed by atoms with Gasteiger partial charge in [0.05, 0.1) is 11.4 Å². The molecule has 1 fully saturated rings. The third-order valence-corrected chi connectivity index (χ3v) is 5.76. The summed E-state index contributed by atoms with van der Waals surface area (Å²) in [5.74, 6) is 0.300. The van der Waals surface area contributed by atoms with Crippen LogP contribution in [0.3, 0.4) is 0 Å². The van der Waals surface area contributed by atoms with Gasteiger partial charge in [0.25, 0.3) is 5.56 Å². The summed E-state index contributed by atoms with van der Waals surface area (Å²) in [6.45, 7) is 5.41. The first-order valence-corrected chi connectivity index (χ1v) is 10.2. The van der Waals surface area contributed by atoms with E-state index in [-0.39, 0.29) is 11.4 Å². The molecule has 3 aromatic heterocycles. The van der Waals surface area contributed by atoms with Gasteiger partial charge in [0.1, 0.15) is 23.3 Å². The Morgan fingerprint density at radius 2 is 2.00 bits per heavy atom. The summed E-state index contributed by atoms with van der Waals surface area (Å²) < 4.78 is 16.9. The van der Waals surface area contributed by atoms with Crippen molar-refractivity contribution in [1.29, 1.82) is 0 Å². The third kappa shape index (κ3) is 3.48. The minimum Gasteiger partial charge on any atom is -0.373 e. The van der Waals surface area contributed by atoms with Crippen LogP contribution in [0.5, 0.6) is 0 Å². The monoisotopic (exact) mass is 422 g/mol. The summed E-state index contributed by atoms with van der Waals surface area (Å²) in [6, 6.07) is 5.57. The fraction of sp³-hybridized carbons (Fsp3) is 0.333. The molecule has 0 amide bonds. The first kappa shape index (κ1) is 19.4. The Hall–Kier alpha value is -3.53. The van der Waals surface area contributed by atoms with Gasteiger partial charge >= 0.3 is 0 Å². The van der Waals surface area contributed by atoms with Crippen molar-refractivity contribution in [2.75, 3.05) is 43.4 Å². The maximum Gasteiger partial charge on any atom is 0.254 e. The molecule has 0 aliphatic carbocycles. The molecular formula is C21H23FN8O. The van der Waals surface area contributed by atoms with E-state index in [4.69, 9.17) is 0 Å². The Bertz CT molecular complexity index is 1320. The van der Waals surface area contributed by atoms with Gasteiger partial charge < -0.3 is 15.2 Å². The van der Waals surface area contributed by atoms with E-state index in [1.807, 2.05) is 12.1 Å². The SMILES string of the molecule is CNc1ncnc2c(F)c(N3CCN(Cc4cc5[nH]c(=O)c(C)cn5n4)CC3)ccc12. The van der Waals surface area contributed by atoms with Crippen molar-refractivity contribution in [2.24, 2.45) is 0 Å². The van der Waals surface area contributed by atoms with Crippen LogP contribution >= 0.6 is 0 Å². The van der Waals surface area contributed by atoms with E-state index in [1.54, 1.807) is 30.8 Å². The van der Waals surface area contributed by atoms with Gasteiger partial charge in [-0.3, -0.25) is 9.69 Å². The van der Waals surface area contributed by atoms with Crippen molar-refractivity contribution in [3.63, 3.8) is 0 Å². The quantitative estimate of drug-likeness (QED) is 0.518. The smallest absolute Gasteiger partial charge is 0.254 e. The Morgan fingerprint density at radius 1 is 1.19 bits per heavy atom. The van der Waals surface area contributed by atoms with Crippen molar-refractivity contribution in [3.05, 3.63) is 58.2 Å². The molecule has 0 unspecified atom stereocenters. The highest BCUT2D eigenvalue weighted by atomic mass is 19.1. The largest absolute Gasteiger partial charge is 0.373 e. The number of nitrogens with one attached hydrogen (secondary N) is 2. The van der Waals surface area contributed by atoms with Crippen LogP contribution < -0.4 is 15.8 Å². The Balaban J connectivity index is 1.30. The number of fused-ring (bicyclic) bond motifs is 2. The molecule has 0 saturated carbocycles. The van der Waals surface area contributed by atoms with Gasteiger partial charge in [-0.15, -0.1) is 0 Å². The summed E-state index contributed by atoms with van der Waals surface area (Å²) in [7, 11) is 1.76. The number of hydrogen-bond acceptors (Lipinski definition) is 7. The van der Waals surface area contributed by atoms with Gasteiger partial charge in [0.2, 0.25) is 0 Å². The zero-order chi connectivity index (χ0) is 21.5. The lowest BCUT2D eigenvalue weighted by atomic mass is 10.1. The lowest BCUT2D eigenvalue weighted by molar-refractivity contribution is 0.246. The molecule has 1 aliphatic rings. The average Bonchev–Trinajstić information content (AvgIpc) is 3.15. The summed E-state index contributed by atoms with van der Waals surface area (Å²) in [5, 5.41) is 8.21. The molecule has 4 heterocycles. The third-order valence-electron chi connectivity index (χ3n) is 5.76. The number of nitrogens with zero attached hydrogens (tertiary/aromatic N) is 6. The number of anilines is 2. The number of hydrogen-bond donors (Lipinski definition) is 2. The molecule has 0 radical (unpaired) electrons. The van der Waals surface area contributed by atoms with Crippen LogP contribution in [0.1, 0.15) is 11.3 Å². The second-order valence-corrected chi connectivity index (χ2v) is 7.76. The fourth-order valence-electron chi connectivity index (χ4n) is 4.08. The fourth-order valence-corrected chi connectivity index (χ4v) is 4.08. The molecule has 1 saturated heterocycles. The molecule has 31 heavy (non-hydrogen) atoms. The summed E-state index contributed by atoms with van der Waals surface area (Å²) in [6.07, 6.45) is 3.11. The standard InChI is InChI=1S/C21H23FN8O/c1-13-10-30-17(26-21(13)31)9-14(27-30)11-28-5-7-29(8-6-28)16-4-3-15-19(18(16)22)24-12-25-20(15)23-2/h3-4,9-10,12H,5-8,11H2,1-2H3,(H,26,31)(H,23,24,25). The maximum absolute atomic E-state index is 15.2. The molecule has 0 atom stereocenters. The normalized spacial score (nSPS) is 15.1. The van der Waals surface area contributed by atoms with Crippen molar-refractivity contribution in [2.45, 2.75) is 13.5 Å². The molecular weight excluding hydrogens is 399 g/mol. The molecule has 0 bridgehead atoms. The Labute approximate surface area is 177 Å². The summed E-state index contributed by atoms with van der Waals surface area (Å²) in [4.78, 5) is 27.3. The van der Waals surface area contributed by atoms with E-state index in [1.165, 1.54) is 6.33 Å². The molecule has 9 nitrogen and oxygen atoms in total. The van der Waals surface area contributed by atoms with Crippen LogP contribution in [-0.4, -0.2) is 62.7 Å². The zero-order valence-corrected chi connectivity index (χ0v) is 17.4. The van der Waals surface area contributed by atoms with E-state index in [2.05, 4.69) is 35.2 Å². The molecule has 4 aromatic rings. The number of aromatic amines is 1. The van der Waals surface area contributed by atoms with E-state index in [0.717, 1.165) is 18.8 Å². The van der Waals surface area contributed by atoms with E-state index in [0.29, 0.717) is 53.3 Å². The van der Waals surface area contributed by atoms with Crippen LogP contribution in [0.15, 0.2) is 35.5 Å². The highest BCUT2D eigenvalue weighted by Crippen LogP contribution is 2.29. The predicted octanol–water partition coefficient (Wildman–Crippen LogP) is 1.78. The number of aryl methyl sites for hydroxylation is 1. The number of H-pyrrole nitrogens is 1. The van der Waals surface area contributed by atoms with Crippen molar-refractivity contribution in [1.82, 2.24) is 29.5 Å². The first-order chi connectivity index (χ1) is 15.0. The highest BCUT2D eigenvalue weighted by molar-refractivity contribution is 5.91. The second-order valence-electron chi connectivity index (χ2n) is 7.76. The van der Waals surface area contributed by atoms with Crippen molar-refractivity contribution >= 4 is 28.1 Å². The number of piperazine rings is 1. The number of halogens is 1. The van der Waals surface area contributed by atoms with Gasteiger partial charge in [-0.25, -0.2) is 18.9 Å². The van der Waals surface area contributed by atoms with Gasteiger partial charge in [0, 0.05) is 63.0 Å². The second kappa shape index (κ2) is 7.62. The number of aromatic nitrogens is 5. The van der Waals surface area contributed by atoms with Crippen LogP contribution in [0, 0.1) is 12.7 Å². The number of rotatable bonds is 4. The van der Waals surface area contributed by atoms with Crippen LogP contribution in [0.4, 0.5) is 15.9 Å². The molecule has 0 spiro atoms. The topological polar surface area (TPSA) is 94.5 Å². The van der Waals surface area contributed by atoms with Crippen LogP contribution in [-0.2, 0) is 6.54 Å². The average molecular weight is 422 g/mol. The molecule has 1 aromatic carbocycles. The van der Waals surface area contributed by atoms with E-state index >= 15 is 4.39 Å². The lowest BCUT2D eigenvalue weighted by Gasteiger charge is -2.36. The van der Waals surface area contributed by atoms with E-state index < -0.39 is 0 Å². The molecule has 160 valence electrons.